The molecule has 0 aliphatic rings. The summed E-state index contributed by atoms with van der Waals surface area (Å²) in [5.74, 6) is -0.127. The zero-order chi connectivity index (χ0) is 16.2. The van der Waals surface area contributed by atoms with Crippen LogP contribution in [0.15, 0.2) is 18.2 Å². The Balaban J connectivity index is 2.53. The monoisotopic (exact) mass is 310 g/mol. The lowest BCUT2D eigenvalue weighted by molar-refractivity contribution is 0.144. The van der Waals surface area contributed by atoms with Crippen LogP contribution in [0.3, 0.4) is 0 Å². The smallest absolute Gasteiger partial charge is 0.146 e. The van der Waals surface area contributed by atoms with Crippen LogP contribution in [0.4, 0.5) is 10.1 Å². The van der Waals surface area contributed by atoms with Gasteiger partial charge in [-0.05, 0) is 50.9 Å². The number of unbranched alkanes of at least 4 members (excludes halogenated alkanes) is 1. The van der Waals surface area contributed by atoms with Gasteiger partial charge in [-0.3, -0.25) is 0 Å². The van der Waals surface area contributed by atoms with Crippen LogP contribution in [0.25, 0.3) is 0 Å². The molecule has 0 unspecified atom stereocenters. The van der Waals surface area contributed by atoms with Gasteiger partial charge in [-0.15, -0.1) is 0 Å². The number of ether oxygens (including phenoxy) is 1. The Morgan fingerprint density at radius 1 is 1.18 bits per heavy atom. The highest BCUT2D eigenvalue weighted by molar-refractivity contribution is 5.50. The zero-order valence-corrected chi connectivity index (χ0v) is 14.3. The van der Waals surface area contributed by atoms with Crippen molar-refractivity contribution < 1.29 is 9.13 Å². The van der Waals surface area contributed by atoms with Crippen molar-refractivity contribution >= 4 is 5.69 Å². The van der Waals surface area contributed by atoms with Gasteiger partial charge in [-0.2, -0.15) is 0 Å². The summed E-state index contributed by atoms with van der Waals surface area (Å²) in [4.78, 5) is 2.12. The van der Waals surface area contributed by atoms with E-state index in [1.54, 1.807) is 6.07 Å². The maximum absolute atomic E-state index is 14.1. The highest BCUT2D eigenvalue weighted by atomic mass is 19.1. The van der Waals surface area contributed by atoms with Crippen molar-refractivity contribution in [3.05, 3.63) is 29.6 Å². The number of benzene rings is 1. The second-order valence-corrected chi connectivity index (χ2v) is 5.45. The normalized spacial score (nSPS) is 10.9. The molecule has 1 aromatic rings. The number of hydrogen-bond donors (Lipinski definition) is 1. The Bertz CT molecular complexity index is 412. The van der Waals surface area contributed by atoms with Gasteiger partial charge in [0.15, 0.2) is 0 Å². The van der Waals surface area contributed by atoms with Crippen LogP contribution in [0.1, 0.15) is 45.6 Å². The third kappa shape index (κ3) is 6.75. The maximum atomic E-state index is 14.1. The van der Waals surface area contributed by atoms with Gasteiger partial charge in [0.2, 0.25) is 0 Å². The Kier molecular flexibility index (Phi) is 9.84. The molecule has 0 fully saturated rings. The van der Waals surface area contributed by atoms with E-state index in [4.69, 9.17) is 4.74 Å². The fourth-order valence-electron chi connectivity index (χ4n) is 2.38. The lowest BCUT2D eigenvalue weighted by Gasteiger charge is -2.24. The molecule has 4 heteroatoms. The number of anilines is 1. The first kappa shape index (κ1) is 18.9. The van der Waals surface area contributed by atoms with Crippen molar-refractivity contribution in [2.24, 2.45) is 0 Å². The first-order valence-corrected chi connectivity index (χ1v) is 8.54. The van der Waals surface area contributed by atoms with Gasteiger partial charge in [0.1, 0.15) is 5.82 Å². The Hall–Kier alpha value is -1.13. The van der Waals surface area contributed by atoms with E-state index in [2.05, 4.69) is 24.1 Å². The number of rotatable bonds is 12. The molecular weight excluding hydrogens is 279 g/mol. The fraction of sp³-hybridized carbons (Fsp3) is 0.667. The minimum absolute atomic E-state index is 0.127. The van der Waals surface area contributed by atoms with Crippen molar-refractivity contribution in [2.45, 2.75) is 46.6 Å². The van der Waals surface area contributed by atoms with Crippen LogP contribution < -0.4 is 10.2 Å². The van der Waals surface area contributed by atoms with E-state index >= 15 is 0 Å². The highest BCUT2D eigenvalue weighted by Gasteiger charge is 2.10. The zero-order valence-electron chi connectivity index (χ0n) is 14.3. The minimum Gasteiger partial charge on any atom is -0.382 e. The number of nitrogens with zero attached hydrogens (tertiary/aromatic N) is 1. The summed E-state index contributed by atoms with van der Waals surface area (Å²) < 4.78 is 19.4. The predicted octanol–water partition coefficient (Wildman–Crippen LogP) is 3.97. The van der Waals surface area contributed by atoms with E-state index in [0.29, 0.717) is 0 Å². The third-order valence-corrected chi connectivity index (χ3v) is 3.69. The summed E-state index contributed by atoms with van der Waals surface area (Å²) in [6.07, 6.45) is 3.21. The van der Waals surface area contributed by atoms with E-state index in [0.717, 1.165) is 69.9 Å². The van der Waals surface area contributed by atoms with Crippen LogP contribution in [-0.2, 0) is 11.3 Å². The van der Waals surface area contributed by atoms with E-state index in [1.807, 2.05) is 19.1 Å². The summed E-state index contributed by atoms with van der Waals surface area (Å²) >= 11 is 0. The average molecular weight is 310 g/mol. The molecule has 0 radical (unpaired) electrons. The van der Waals surface area contributed by atoms with Crippen molar-refractivity contribution in [2.75, 3.05) is 37.7 Å². The molecule has 126 valence electrons. The van der Waals surface area contributed by atoms with Gasteiger partial charge >= 0.3 is 0 Å². The second-order valence-electron chi connectivity index (χ2n) is 5.45. The molecule has 0 spiro atoms. The fourth-order valence-corrected chi connectivity index (χ4v) is 2.38. The molecule has 0 saturated carbocycles. The van der Waals surface area contributed by atoms with Gasteiger partial charge in [-0.1, -0.05) is 19.4 Å². The minimum atomic E-state index is -0.127. The maximum Gasteiger partial charge on any atom is 0.146 e. The topological polar surface area (TPSA) is 24.5 Å². The molecule has 0 amide bonds. The largest absolute Gasteiger partial charge is 0.382 e. The third-order valence-electron chi connectivity index (χ3n) is 3.69. The Morgan fingerprint density at radius 2 is 2.00 bits per heavy atom. The molecule has 1 N–H and O–H groups in total. The molecule has 0 saturated heterocycles. The van der Waals surface area contributed by atoms with Gasteiger partial charge in [0, 0.05) is 32.8 Å². The van der Waals surface area contributed by atoms with Gasteiger partial charge in [0.25, 0.3) is 0 Å². The van der Waals surface area contributed by atoms with Crippen LogP contribution in [0.5, 0.6) is 0 Å². The molecule has 0 aliphatic heterocycles. The van der Waals surface area contributed by atoms with E-state index < -0.39 is 0 Å². The summed E-state index contributed by atoms with van der Waals surface area (Å²) in [5.41, 5.74) is 1.85. The van der Waals surface area contributed by atoms with Gasteiger partial charge < -0.3 is 15.0 Å². The highest BCUT2D eigenvalue weighted by Crippen LogP contribution is 2.21. The molecule has 3 nitrogen and oxygen atoms in total. The molecule has 22 heavy (non-hydrogen) atoms. The summed E-state index contributed by atoms with van der Waals surface area (Å²) in [6, 6.07) is 5.42. The molecule has 1 rings (SSSR count). The first-order valence-electron chi connectivity index (χ1n) is 8.54. The van der Waals surface area contributed by atoms with E-state index in [1.165, 1.54) is 0 Å². The van der Waals surface area contributed by atoms with Crippen molar-refractivity contribution in [3.8, 4) is 0 Å². The van der Waals surface area contributed by atoms with E-state index in [-0.39, 0.29) is 5.82 Å². The van der Waals surface area contributed by atoms with Crippen LogP contribution >= 0.6 is 0 Å². The summed E-state index contributed by atoms with van der Waals surface area (Å²) in [6.45, 7) is 11.2. The Labute approximate surface area is 134 Å². The first-order chi connectivity index (χ1) is 10.7. The quantitative estimate of drug-likeness (QED) is 0.591. The van der Waals surface area contributed by atoms with Gasteiger partial charge in [-0.25, -0.2) is 4.39 Å². The number of halogens is 1. The summed E-state index contributed by atoms with van der Waals surface area (Å²) in [5, 5.41) is 3.39. The molecular formula is C18H31FN2O. The van der Waals surface area contributed by atoms with Gasteiger partial charge in [0.05, 0.1) is 5.69 Å². The molecule has 0 bridgehead atoms. The van der Waals surface area contributed by atoms with Crippen molar-refractivity contribution in [1.82, 2.24) is 5.32 Å². The summed E-state index contributed by atoms with van der Waals surface area (Å²) in [7, 11) is 0. The Morgan fingerprint density at radius 3 is 2.68 bits per heavy atom. The molecule has 0 atom stereocenters. The predicted molar refractivity (Wildman–Crippen MR) is 92.0 cm³/mol. The number of hydrogen-bond acceptors (Lipinski definition) is 3. The van der Waals surface area contributed by atoms with Crippen LogP contribution in [0.2, 0.25) is 0 Å². The molecule has 0 aromatic heterocycles. The van der Waals surface area contributed by atoms with E-state index in [9.17, 15) is 4.39 Å². The molecule has 0 heterocycles. The molecule has 1 aromatic carbocycles. The second kappa shape index (κ2) is 11.4. The van der Waals surface area contributed by atoms with Crippen LogP contribution in [0, 0.1) is 5.82 Å². The average Bonchev–Trinajstić information content (AvgIpc) is 2.53. The lowest BCUT2D eigenvalue weighted by atomic mass is 10.1. The lowest BCUT2D eigenvalue weighted by Crippen LogP contribution is -2.25. The standard InChI is InChI=1S/C18H31FN2O/c1-4-7-12-21(5-2)18-14-16(9-10-17(18)19)15-20-11-8-13-22-6-3/h9-10,14,20H,4-8,11-13,15H2,1-3H3. The van der Waals surface area contributed by atoms with Crippen molar-refractivity contribution in [3.63, 3.8) is 0 Å². The SMILES string of the molecule is CCCCN(CC)c1cc(CNCCCOCC)ccc1F. The molecule has 0 aliphatic carbocycles. The van der Waals surface area contributed by atoms with Crippen molar-refractivity contribution in [1.29, 1.82) is 0 Å². The number of nitrogens with one attached hydrogen (secondary N) is 1. The van der Waals surface area contributed by atoms with Crippen LogP contribution in [-0.4, -0.2) is 32.8 Å².